The van der Waals surface area contributed by atoms with Gasteiger partial charge in [0.1, 0.15) is 9.63 Å². The van der Waals surface area contributed by atoms with Crippen molar-refractivity contribution >= 4 is 68.3 Å². The van der Waals surface area contributed by atoms with Crippen LogP contribution in [0.4, 0.5) is 5.69 Å². The number of nitrogens with zero attached hydrogens (tertiary/aromatic N) is 3. The molecule has 0 bridgehead atoms. The lowest BCUT2D eigenvalue weighted by atomic mass is 10.1. The number of halogens is 4. The molecular formula is C18H13BrCl3N5O3. The number of pyridine rings is 1. The lowest BCUT2D eigenvalue weighted by Crippen LogP contribution is -2.22. The van der Waals surface area contributed by atoms with Crippen LogP contribution < -0.4 is 10.8 Å². The van der Waals surface area contributed by atoms with Gasteiger partial charge in [-0.05, 0) is 52.7 Å². The van der Waals surface area contributed by atoms with Crippen molar-refractivity contribution in [1.82, 2.24) is 20.2 Å². The minimum atomic E-state index is -0.730. The number of carbonyl (C=O) groups excluding carboxylic acids is 2. The molecule has 8 nitrogen and oxygen atoms in total. The Hall–Kier alpha value is -2.17. The van der Waals surface area contributed by atoms with Gasteiger partial charge in [-0.3, -0.25) is 4.79 Å². The Labute approximate surface area is 194 Å². The van der Waals surface area contributed by atoms with Crippen molar-refractivity contribution in [3.8, 4) is 5.82 Å². The SMILES string of the molecule is CNOC(=O)c1cc(Cl)cc(C)c1NC(=O)c1c(Cl)c(Br)nn1-c1ncccc1Cl. The van der Waals surface area contributed by atoms with Gasteiger partial charge < -0.3 is 10.2 Å². The molecule has 0 aliphatic carbocycles. The monoisotopic (exact) mass is 531 g/mol. The highest BCUT2D eigenvalue weighted by Crippen LogP contribution is 2.32. The number of amides is 1. The summed E-state index contributed by atoms with van der Waals surface area (Å²) >= 11 is 21.8. The Balaban J connectivity index is 2.09. The molecule has 2 aromatic heterocycles. The fraction of sp³-hybridized carbons (Fsp3) is 0.111. The van der Waals surface area contributed by atoms with Crippen LogP contribution in [0.25, 0.3) is 5.82 Å². The van der Waals surface area contributed by atoms with Gasteiger partial charge in [0.05, 0.1) is 16.3 Å². The maximum Gasteiger partial charge on any atom is 0.358 e. The number of aromatic nitrogens is 3. The summed E-state index contributed by atoms with van der Waals surface area (Å²) in [5, 5.41) is 7.49. The summed E-state index contributed by atoms with van der Waals surface area (Å²) in [6.07, 6.45) is 1.50. The molecule has 0 saturated heterocycles. The summed E-state index contributed by atoms with van der Waals surface area (Å²) in [6.45, 7) is 1.68. The molecule has 3 aromatic rings. The molecule has 2 heterocycles. The second-order valence-electron chi connectivity index (χ2n) is 5.87. The molecule has 0 fully saturated rings. The zero-order valence-corrected chi connectivity index (χ0v) is 19.3. The Kier molecular flexibility index (Phi) is 6.99. The van der Waals surface area contributed by atoms with E-state index in [1.807, 2.05) is 0 Å². The van der Waals surface area contributed by atoms with Crippen molar-refractivity contribution in [2.24, 2.45) is 0 Å². The van der Waals surface area contributed by atoms with Gasteiger partial charge in [-0.15, -0.1) is 0 Å². The molecular weight excluding hydrogens is 520 g/mol. The van der Waals surface area contributed by atoms with E-state index in [9.17, 15) is 9.59 Å². The van der Waals surface area contributed by atoms with Crippen molar-refractivity contribution in [2.75, 3.05) is 12.4 Å². The Morgan fingerprint density at radius 2 is 1.97 bits per heavy atom. The molecule has 1 aromatic carbocycles. The highest BCUT2D eigenvalue weighted by atomic mass is 79.9. The molecule has 1 amide bonds. The minimum Gasteiger partial charge on any atom is -0.367 e. The van der Waals surface area contributed by atoms with Crippen LogP contribution in [0.5, 0.6) is 0 Å². The van der Waals surface area contributed by atoms with Crippen molar-refractivity contribution in [3.63, 3.8) is 0 Å². The number of anilines is 1. The first kappa shape index (κ1) is 22.5. The molecule has 2 N–H and O–H groups in total. The first-order valence-electron chi connectivity index (χ1n) is 8.29. The van der Waals surface area contributed by atoms with E-state index in [0.29, 0.717) is 10.6 Å². The van der Waals surface area contributed by atoms with Crippen LogP contribution in [-0.2, 0) is 4.84 Å². The lowest BCUT2D eigenvalue weighted by Gasteiger charge is -2.14. The summed E-state index contributed by atoms with van der Waals surface area (Å²) in [5.74, 6) is -1.17. The third-order valence-electron chi connectivity index (χ3n) is 3.90. The van der Waals surface area contributed by atoms with Crippen LogP contribution in [-0.4, -0.2) is 33.7 Å². The number of nitrogens with one attached hydrogen (secondary N) is 2. The number of aryl methyl sites for hydroxylation is 1. The molecule has 156 valence electrons. The van der Waals surface area contributed by atoms with Gasteiger partial charge in [0, 0.05) is 18.3 Å². The zero-order chi connectivity index (χ0) is 22.0. The molecule has 30 heavy (non-hydrogen) atoms. The first-order valence-corrected chi connectivity index (χ1v) is 10.2. The van der Waals surface area contributed by atoms with Gasteiger partial charge in [-0.25, -0.2) is 14.5 Å². The third-order valence-corrected chi connectivity index (χ3v) is 5.55. The second-order valence-corrected chi connectivity index (χ2v) is 7.84. The van der Waals surface area contributed by atoms with Gasteiger partial charge in [0.2, 0.25) is 0 Å². The molecule has 0 radical (unpaired) electrons. The summed E-state index contributed by atoms with van der Waals surface area (Å²) in [6, 6.07) is 6.22. The van der Waals surface area contributed by atoms with Crippen molar-refractivity contribution in [3.05, 3.63) is 67.0 Å². The van der Waals surface area contributed by atoms with Gasteiger partial charge in [-0.2, -0.15) is 10.6 Å². The van der Waals surface area contributed by atoms with Gasteiger partial charge in [-0.1, -0.05) is 34.8 Å². The van der Waals surface area contributed by atoms with Crippen LogP contribution >= 0.6 is 50.7 Å². The van der Waals surface area contributed by atoms with E-state index in [0.717, 1.165) is 0 Å². The van der Waals surface area contributed by atoms with E-state index >= 15 is 0 Å². The smallest absolute Gasteiger partial charge is 0.358 e. The number of hydrogen-bond acceptors (Lipinski definition) is 6. The number of hydrogen-bond donors (Lipinski definition) is 2. The highest BCUT2D eigenvalue weighted by molar-refractivity contribution is 9.10. The third kappa shape index (κ3) is 4.45. The predicted octanol–water partition coefficient (Wildman–Crippen LogP) is 4.84. The van der Waals surface area contributed by atoms with Crippen molar-refractivity contribution < 1.29 is 14.4 Å². The summed E-state index contributed by atoms with van der Waals surface area (Å²) in [4.78, 5) is 34.5. The van der Waals surface area contributed by atoms with E-state index in [1.54, 1.807) is 25.1 Å². The molecule has 0 aliphatic heterocycles. The predicted molar refractivity (Wildman–Crippen MR) is 118 cm³/mol. The average Bonchev–Trinajstić information content (AvgIpc) is 2.98. The number of rotatable bonds is 5. The maximum absolute atomic E-state index is 13.2. The molecule has 3 rings (SSSR count). The number of carbonyl (C=O) groups is 2. The van der Waals surface area contributed by atoms with E-state index in [-0.39, 0.29) is 37.4 Å². The first-order chi connectivity index (χ1) is 14.2. The molecule has 0 atom stereocenters. The maximum atomic E-state index is 13.2. The van der Waals surface area contributed by atoms with Crippen LogP contribution in [0.15, 0.2) is 35.1 Å². The normalized spacial score (nSPS) is 10.7. The van der Waals surface area contributed by atoms with Crippen LogP contribution in [0.2, 0.25) is 15.1 Å². The molecule has 0 saturated carbocycles. The Bertz CT molecular complexity index is 1150. The van der Waals surface area contributed by atoms with Crippen LogP contribution in [0.3, 0.4) is 0 Å². The highest BCUT2D eigenvalue weighted by Gasteiger charge is 2.26. The van der Waals surface area contributed by atoms with Gasteiger partial charge in [0.25, 0.3) is 5.91 Å². The largest absolute Gasteiger partial charge is 0.367 e. The van der Waals surface area contributed by atoms with Crippen LogP contribution in [0.1, 0.15) is 26.4 Å². The zero-order valence-electron chi connectivity index (χ0n) is 15.5. The van der Waals surface area contributed by atoms with Gasteiger partial charge in [0.15, 0.2) is 11.5 Å². The molecule has 0 spiro atoms. The number of benzene rings is 1. The van der Waals surface area contributed by atoms with E-state index in [4.69, 9.17) is 39.6 Å². The van der Waals surface area contributed by atoms with Crippen LogP contribution in [0, 0.1) is 6.92 Å². The van der Waals surface area contributed by atoms with E-state index in [1.165, 1.54) is 24.0 Å². The summed E-state index contributed by atoms with van der Waals surface area (Å²) < 4.78 is 1.43. The molecule has 0 unspecified atom stereocenters. The summed E-state index contributed by atoms with van der Waals surface area (Å²) in [7, 11) is 1.43. The standard InChI is InChI=1S/C18H13BrCl3N5O3/c1-8-6-9(20)7-10(18(29)30-23-2)13(8)25-17(28)14-12(22)15(19)26-27(14)16-11(21)4-3-5-24-16/h3-7,23H,1-2H3,(H,25,28). The second kappa shape index (κ2) is 9.32. The van der Waals surface area contributed by atoms with Crippen molar-refractivity contribution in [2.45, 2.75) is 6.92 Å². The Morgan fingerprint density at radius 1 is 1.23 bits per heavy atom. The molecule has 12 heteroatoms. The minimum absolute atomic E-state index is 0.0357. The van der Waals surface area contributed by atoms with E-state index in [2.05, 4.69) is 36.8 Å². The fourth-order valence-corrected chi connectivity index (χ4v) is 3.67. The average molecular weight is 534 g/mol. The Morgan fingerprint density at radius 3 is 2.63 bits per heavy atom. The topological polar surface area (TPSA) is 98.1 Å². The molecule has 0 aliphatic rings. The fourth-order valence-electron chi connectivity index (χ4n) is 2.65. The van der Waals surface area contributed by atoms with E-state index < -0.39 is 11.9 Å². The quantitative estimate of drug-likeness (QED) is 0.456. The van der Waals surface area contributed by atoms with Gasteiger partial charge >= 0.3 is 5.97 Å². The number of hydroxylamine groups is 1. The van der Waals surface area contributed by atoms with Crippen molar-refractivity contribution in [1.29, 1.82) is 0 Å². The lowest BCUT2D eigenvalue weighted by molar-refractivity contribution is 0.0311. The summed E-state index contributed by atoms with van der Waals surface area (Å²) in [5.41, 5.74) is 3.06.